The number of likely N-dealkylation sites (tertiary alicyclic amines) is 1. The summed E-state index contributed by atoms with van der Waals surface area (Å²) in [5.74, 6) is 0.572. The van der Waals surface area contributed by atoms with E-state index in [2.05, 4.69) is 9.80 Å². The van der Waals surface area contributed by atoms with Gasteiger partial charge in [0.05, 0.1) is 19.8 Å². The Kier molecular flexibility index (Phi) is 4.71. The zero-order valence-electron chi connectivity index (χ0n) is 11.8. The summed E-state index contributed by atoms with van der Waals surface area (Å²) in [5, 5.41) is 0. The Labute approximate surface area is 116 Å². The number of rotatable bonds is 4. The first-order valence-electron chi connectivity index (χ1n) is 7.70. The minimum Gasteiger partial charge on any atom is -0.381 e. The lowest BCUT2D eigenvalue weighted by molar-refractivity contribution is 0.0183. The van der Waals surface area contributed by atoms with E-state index in [1.54, 1.807) is 0 Å². The average Bonchev–Trinajstić information content (AvgIpc) is 3.11. The Balaban J connectivity index is 1.43. The first-order valence-corrected chi connectivity index (χ1v) is 7.70. The number of nitrogens with zero attached hydrogens (tertiary/aromatic N) is 2. The molecule has 3 aliphatic rings. The first kappa shape index (κ1) is 13.8. The van der Waals surface area contributed by atoms with E-state index in [0.29, 0.717) is 5.92 Å². The summed E-state index contributed by atoms with van der Waals surface area (Å²) in [6.07, 6.45) is 2.43. The van der Waals surface area contributed by atoms with E-state index in [1.807, 2.05) is 0 Å². The van der Waals surface area contributed by atoms with Crippen molar-refractivity contribution in [2.45, 2.75) is 24.9 Å². The third-order valence-electron chi connectivity index (χ3n) is 4.85. The van der Waals surface area contributed by atoms with E-state index >= 15 is 0 Å². The maximum absolute atomic E-state index is 6.33. The van der Waals surface area contributed by atoms with Gasteiger partial charge in [-0.05, 0) is 19.4 Å². The van der Waals surface area contributed by atoms with Crippen LogP contribution in [0.2, 0.25) is 0 Å². The molecule has 110 valence electrons. The maximum atomic E-state index is 6.33. The summed E-state index contributed by atoms with van der Waals surface area (Å²) in [6, 6.07) is 1.00. The zero-order chi connectivity index (χ0) is 13.1. The summed E-state index contributed by atoms with van der Waals surface area (Å²) in [6.45, 7) is 9.17. The largest absolute Gasteiger partial charge is 0.381 e. The molecule has 3 heterocycles. The van der Waals surface area contributed by atoms with E-state index in [4.69, 9.17) is 15.2 Å². The van der Waals surface area contributed by atoms with Gasteiger partial charge in [0.1, 0.15) is 0 Å². The SMILES string of the molecule is NC(CN1CCC(N2CCOCC2)C1)C1CCOC1. The Hall–Kier alpha value is -0.200. The van der Waals surface area contributed by atoms with E-state index in [9.17, 15) is 0 Å². The minimum absolute atomic E-state index is 0.283. The van der Waals surface area contributed by atoms with Crippen molar-refractivity contribution in [2.75, 3.05) is 59.2 Å². The van der Waals surface area contributed by atoms with Crippen LogP contribution in [0.25, 0.3) is 0 Å². The third-order valence-corrected chi connectivity index (χ3v) is 4.85. The van der Waals surface area contributed by atoms with Crippen LogP contribution in [0.3, 0.4) is 0 Å². The second kappa shape index (κ2) is 6.50. The van der Waals surface area contributed by atoms with Gasteiger partial charge in [-0.15, -0.1) is 0 Å². The normalized spacial score (nSPS) is 35.8. The molecule has 0 aliphatic carbocycles. The Morgan fingerprint density at radius 2 is 1.89 bits per heavy atom. The minimum atomic E-state index is 0.283. The molecule has 5 heteroatoms. The summed E-state index contributed by atoms with van der Waals surface area (Å²) in [4.78, 5) is 5.14. The number of hydrogen-bond acceptors (Lipinski definition) is 5. The molecule has 19 heavy (non-hydrogen) atoms. The van der Waals surface area contributed by atoms with Crippen molar-refractivity contribution in [3.63, 3.8) is 0 Å². The standard InChI is InChI=1S/C14H27N3O2/c15-14(12-2-6-19-11-12)10-16-3-1-13(9-16)17-4-7-18-8-5-17/h12-14H,1-11,15H2. The maximum Gasteiger partial charge on any atom is 0.0594 e. The molecular formula is C14H27N3O2. The predicted octanol–water partition coefficient (Wildman–Crippen LogP) is -0.243. The molecule has 3 atom stereocenters. The molecule has 3 aliphatic heterocycles. The van der Waals surface area contributed by atoms with Crippen molar-refractivity contribution in [1.82, 2.24) is 9.80 Å². The molecular weight excluding hydrogens is 242 g/mol. The van der Waals surface area contributed by atoms with Gasteiger partial charge in [0, 0.05) is 50.8 Å². The molecule has 0 radical (unpaired) electrons. The third kappa shape index (κ3) is 3.47. The van der Waals surface area contributed by atoms with Gasteiger partial charge >= 0.3 is 0 Å². The molecule has 0 amide bonds. The highest BCUT2D eigenvalue weighted by atomic mass is 16.5. The molecule has 3 saturated heterocycles. The summed E-state index contributed by atoms with van der Waals surface area (Å²) in [7, 11) is 0. The van der Waals surface area contributed by atoms with Gasteiger partial charge in [0.25, 0.3) is 0 Å². The Morgan fingerprint density at radius 1 is 1.05 bits per heavy atom. The quantitative estimate of drug-likeness (QED) is 0.763. The van der Waals surface area contributed by atoms with Crippen LogP contribution in [0.1, 0.15) is 12.8 Å². The number of nitrogens with two attached hydrogens (primary N) is 1. The van der Waals surface area contributed by atoms with Crippen LogP contribution in [-0.4, -0.2) is 81.0 Å². The number of hydrogen-bond donors (Lipinski definition) is 1. The van der Waals surface area contributed by atoms with E-state index in [1.165, 1.54) is 19.5 Å². The number of morpholine rings is 1. The lowest BCUT2D eigenvalue weighted by Gasteiger charge is -2.32. The second-order valence-corrected chi connectivity index (χ2v) is 6.14. The van der Waals surface area contributed by atoms with Crippen LogP contribution in [0.4, 0.5) is 0 Å². The summed E-state index contributed by atoms with van der Waals surface area (Å²) in [5.41, 5.74) is 6.33. The molecule has 3 rings (SSSR count). The highest BCUT2D eigenvalue weighted by Gasteiger charge is 2.31. The molecule has 2 N–H and O–H groups in total. The molecule has 0 aromatic rings. The van der Waals surface area contributed by atoms with Gasteiger partial charge in [-0.3, -0.25) is 4.90 Å². The Morgan fingerprint density at radius 3 is 2.63 bits per heavy atom. The van der Waals surface area contributed by atoms with E-state index in [-0.39, 0.29) is 6.04 Å². The fraction of sp³-hybridized carbons (Fsp3) is 1.00. The number of ether oxygens (including phenoxy) is 2. The van der Waals surface area contributed by atoms with Crippen LogP contribution >= 0.6 is 0 Å². The molecule has 0 bridgehead atoms. The molecule has 0 aromatic heterocycles. The van der Waals surface area contributed by atoms with Crippen molar-refractivity contribution in [3.05, 3.63) is 0 Å². The van der Waals surface area contributed by atoms with Crippen LogP contribution < -0.4 is 5.73 Å². The molecule has 0 saturated carbocycles. The van der Waals surface area contributed by atoms with E-state index < -0.39 is 0 Å². The van der Waals surface area contributed by atoms with Gasteiger partial charge in [-0.2, -0.15) is 0 Å². The van der Waals surface area contributed by atoms with Crippen LogP contribution in [0, 0.1) is 5.92 Å². The van der Waals surface area contributed by atoms with E-state index in [0.717, 1.165) is 58.5 Å². The van der Waals surface area contributed by atoms with Gasteiger partial charge in [0.2, 0.25) is 0 Å². The van der Waals surface area contributed by atoms with Crippen molar-refractivity contribution >= 4 is 0 Å². The Bertz CT molecular complexity index is 278. The van der Waals surface area contributed by atoms with Crippen molar-refractivity contribution in [1.29, 1.82) is 0 Å². The predicted molar refractivity (Wildman–Crippen MR) is 74.1 cm³/mol. The fourth-order valence-corrected chi connectivity index (χ4v) is 3.56. The van der Waals surface area contributed by atoms with Crippen LogP contribution in [0.5, 0.6) is 0 Å². The molecule has 3 fully saturated rings. The van der Waals surface area contributed by atoms with Crippen molar-refractivity contribution < 1.29 is 9.47 Å². The highest BCUT2D eigenvalue weighted by molar-refractivity contribution is 4.87. The smallest absolute Gasteiger partial charge is 0.0594 e. The lowest BCUT2D eigenvalue weighted by atomic mass is 9.99. The van der Waals surface area contributed by atoms with Crippen molar-refractivity contribution in [2.24, 2.45) is 11.7 Å². The fourth-order valence-electron chi connectivity index (χ4n) is 3.56. The second-order valence-electron chi connectivity index (χ2n) is 6.14. The average molecular weight is 269 g/mol. The topological polar surface area (TPSA) is 51.0 Å². The molecule has 5 nitrogen and oxygen atoms in total. The molecule has 0 spiro atoms. The summed E-state index contributed by atoms with van der Waals surface area (Å²) >= 11 is 0. The van der Waals surface area contributed by atoms with Gasteiger partial charge in [-0.1, -0.05) is 0 Å². The van der Waals surface area contributed by atoms with Crippen LogP contribution in [0.15, 0.2) is 0 Å². The van der Waals surface area contributed by atoms with Gasteiger partial charge < -0.3 is 20.1 Å². The zero-order valence-corrected chi connectivity index (χ0v) is 11.8. The molecule has 0 aromatic carbocycles. The van der Waals surface area contributed by atoms with Crippen molar-refractivity contribution in [3.8, 4) is 0 Å². The van der Waals surface area contributed by atoms with Crippen LogP contribution in [-0.2, 0) is 9.47 Å². The highest BCUT2D eigenvalue weighted by Crippen LogP contribution is 2.20. The van der Waals surface area contributed by atoms with Gasteiger partial charge in [0.15, 0.2) is 0 Å². The lowest BCUT2D eigenvalue weighted by Crippen LogP contribution is -2.46. The van der Waals surface area contributed by atoms with Gasteiger partial charge in [-0.25, -0.2) is 0 Å². The first-order chi connectivity index (χ1) is 9.33. The summed E-state index contributed by atoms with van der Waals surface area (Å²) < 4.78 is 10.9. The molecule has 3 unspecified atom stereocenters. The monoisotopic (exact) mass is 269 g/mol.